The molecule has 0 fully saturated rings. The first-order valence-electron chi connectivity index (χ1n) is 13.9. The molecule has 0 unspecified atom stereocenters. The number of carbonyl (C=O) groups is 3. The molecule has 0 saturated carbocycles. The first-order valence-corrected chi connectivity index (χ1v) is 13.9. The summed E-state index contributed by atoms with van der Waals surface area (Å²) in [7, 11) is 0. The summed E-state index contributed by atoms with van der Waals surface area (Å²) in [5.41, 5.74) is 4.21. The Morgan fingerprint density at radius 1 is 0.822 bits per heavy atom. The highest BCUT2D eigenvalue weighted by Gasteiger charge is 2.23. The van der Waals surface area contributed by atoms with E-state index in [1.807, 2.05) is 19.9 Å². The fourth-order valence-electron chi connectivity index (χ4n) is 4.15. The number of carbonyl (C=O) groups excluding carboxylic acids is 3. The number of hydrazone groups is 1. The molecular weight excluding hydrogens is 580 g/mol. The molecule has 45 heavy (non-hydrogen) atoms. The molecule has 0 aromatic heterocycles. The second-order valence-electron chi connectivity index (χ2n) is 9.47. The first kappa shape index (κ1) is 31.9. The Balaban J connectivity index is 1.47. The van der Waals surface area contributed by atoms with Crippen LogP contribution in [-0.2, 0) is 0 Å². The molecule has 0 aliphatic rings. The van der Waals surface area contributed by atoms with Gasteiger partial charge in [0.1, 0.15) is 0 Å². The molecule has 2 N–H and O–H groups in total. The third-order valence-electron chi connectivity index (χ3n) is 6.25. The number of nitrogens with one attached hydrogen (secondary N) is 2. The van der Waals surface area contributed by atoms with Crippen LogP contribution in [0.2, 0.25) is 0 Å². The number of ether oxygens (including phenoxy) is 3. The second-order valence-corrected chi connectivity index (χ2v) is 9.47. The van der Waals surface area contributed by atoms with Crippen molar-refractivity contribution < 1.29 is 33.5 Å². The number of hydrogen-bond acceptors (Lipinski definition) is 9. The van der Waals surface area contributed by atoms with Crippen molar-refractivity contribution in [2.45, 2.75) is 20.8 Å². The maximum absolute atomic E-state index is 13.0. The van der Waals surface area contributed by atoms with Crippen LogP contribution in [0.4, 0.5) is 11.4 Å². The van der Waals surface area contributed by atoms with E-state index in [1.54, 1.807) is 43.3 Å². The highest BCUT2D eigenvalue weighted by Crippen LogP contribution is 2.33. The lowest BCUT2D eigenvalue weighted by molar-refractivity contribution is -0.385. The lowest BCUT2D eigenvalue weighted by Crippen LogP contribution is -2.18. The molecule has 4 aromatic rings. The van der Waals surface area contributed by atoms with Gasteiger partial charge < -0.3 is 19.5 Å². The van der Waals surface area contributed by atoms with Gasteiger partial charge in [0.05, 0.1) is 29.9 Å². The Morgan fingerprint density at radius 2 is 1.51 bits per heavy atom. The highest BCUT2D eigenvalue weighted by molar-refractivity contribution is 6.04. The quantitative estimate of drug-likeness (QED) is 0.0656. The molecule has 12 nitrogen and oxygen atoms in total. The zero-order valence-electron chi connectivity index (χ0n) is 24.7. The normalized spacial score (nSPS) is 10.6. The van der Waals surface area contributed by atoms with Crippen LogP contribution in [0.15, 0.2) is 90.0 Å². The van der Waals surface area contributed by atoms with Crippen molar-refractivity contribution in [3.8, 4) is 17.2 Å². The summed E-state index contributed by atoms with van der Waals surface area (Å²) < 4.78 is 16.5. The fourth-order valence-corrected chi connectivity index (χ4v) is 4.15. The SMILES string of the molecule is CCOc1ccc(C(=O)Oc2c(/C=N/NC(=O)c3ccc(NC(=O)c4cccc(C)c4)cc3)cccc2[N+](=O)[O-])cc1OCC. The summed E-state index contributed by atoms with van der Waals surface area (Å²) in [6.07, 6.45) is 1.13. The van der Waals surface area contributed by atoms with E-state index in [9.17, 15) is 24.5 Å². The Morgan fingerprint density at radius 3 is 2.20 bits per heavy atom. The summed E-state index contributed by atoms with van der Waals surface area (Å²) in [4.78, 5) is 49.3. The molecule has 0 aliphatic heterocycles. The third kappa shape index (κ3) is 8.29. The van der Waals surface area contributed by atoms with E-state index in [-0.39, 0.29) is 28.3 Å². The summed E-state index contributed by atoms with van der Waals surface area (Å²) in [6, 6.07) is 21.8. The molecule has 4 aromatic carbocycles. The fraction of sp³-hybridized carbons (Fsp3) is 0.152. The van der Waals surface area contributed by atoms with Crippen LogP contribution >= 0.6 is 0 Å². The molecule has 0 spiro atoms. The number of para-hydroxylation sites is 1. The van der Waals surface area contributed by atoms with E-state index in [1.165, 1.54) is 42.5 Å². The zero-order chi connectivity index (χ0) is 32.3. The second kappa shape index (κ2) is 14.9. The summed E-state index contributed by atoms with van der Waals surface area (Å²) in [5.74, 6) is -1.34. The maximum atomic E-state index is 13.0. The Labute approximate surface area is 258 Å². The summed E-state index contributed by atoms with van der Waals surface area (Å²) in [6.45, 7) is 6.19. The number of amides is 2. The monoisotopic (exact) mass is 610 g/mol. The van der Waals surface area contributed by atoms with Gasteiger partial charge in [-0.25, -0.2) is 10.2 Å². The Kier molecular flexibility index (Phi) is 10.6. The molecule has 12 heteroatoms. The van der Waals surface area contributed by atoms with Gasteiger partial charge in [0, 0.05) is 28.4 Å². The number of esters is 1. The number of aryl methyl sites for hydroxylation is 1. The minimum atomic E-state index is -0.874. The van der Waals surface area contributed by atoms with Crippen molar-refractivity contribution in [1.29, 1.82) is 0 Å². The Hall–Kier alpha value is -6.04. The van der Waals surface area contributed by atoms with Crippen molar-refractivity contribution in [2.24, 2.45) is 5.10 Å². The van der Waals surface area contributed by atoms with Gasteiger partial charge in [-0.2, -0.15) is 5.10 Å². The van der Waals surface area contributed by atoms with Gasteiger partial charge in [0.2, 0.25) is 5.75 Å². The number of rotatable bonds is 12. The average Bonchev–Trinajstić information content (AvgIpc) is 3.03. The number of nitro benzene ring substituents is 1. The van der Waals surface area contributed by atoms with Crippen molar-refractivity contribution in [2.75, 3.05) is 18.5 Å². The van der Waals surface area contributed by atoms with Crippen LogP contribution < -0.4 is 25.0 Å². The molecule has 0 bridgehead atoms. The van der Waals surface area contributed by atoms with Crippen LogP contribution in [0.1, 0.15) is 56.0 Å². The van der Waals surface area contributed by atoms with E-state index >= 15 is 0 Å². The van der Waals surface area contributed by atoms with Crippen molar-refractivity contribution >= 4 is 35.4 Å². The smallest absolute Gasteiger partial charge is 0.343 e. The van der Waals surface area contributed by atoms with Gasteiger partial charge in [-0.1, -0.05) is 23.8 Å². The van der Waals surface area contributed by atoms with E-state index in [0.29, 0.717) is 36.0 Å². The van der Waals surface area contributed by atoms with Gasteiger partial charge >= 0.3 is 11.7 Å². The largest absolute Gasteiger partial charge is 0.490 e. The van der Waals surface area contributed by atoms with Crippen molar-refractivity contribution in [3.63, 3.8) is 0 Å². The number of benzene rings is 4. The predicted octanol–water partition coefficient (Wildman–Crippen LogP) is 5.94. The summed E-state index contributed by atoms with van der Waals surface area (Å²) in [5, 5.41) is 18.4. The van der Waals surface area contributed by atoms with Gasteiger partial charge in [-0.05, 0) is 81.4 Å². The van der Waals surface area contributed by atoms with Crippen molar-refractivity contribution in [1.82, 2.24) is 5.43 Å². The van der Waals surface area contributed by atoms with Gasteiger partial charge in [-0.15, -0.1) is 0 Å². The lowest BCUT2D eigenvalue weighted by Gasteiger charge is -2.12. The van der Waals surface area contributed by atoms with E-state index < -0.39 is 22.5 Å². The van der Waals surface area contributed by atoms with Gasteiger partial charge in [0.15, 0.2) is 11.5 Å². The Bertz CT molecular complexity index is 1750. The van der Waals surface area contributed by atoms with Crippen LogP contribution in [0.5, 0.6) is 17.2 Å². The van der Waals surface area contributed by atoms with Crippen LogP contribution in [0.3, 0.4) is 0 Å². The number of hydrogen-bond donors (Lipinski definition) is 2. The first-order chi connectivity index (χ1) is 21.7. The topological polar surface area (TPSA) is 158 Å². The molecule has 0 heterocycles. The highest BCUT2D eigenvalue weighted by atomic mass is 16.6. The van der Waals surface area contributed by atoms with E-state index in [4.69, 9.17) is 14.2 Å². The number of nitro groups is 1. The minimum absolute atomic E-state index is 0.0722. The predicted molar refractivity (Wildman–Crippen MR) is 167 cm³/mol. The molecule has 4 rings (SSSR count). The van der Waals surface area contributed by atoms with Crippen LogP contribution in [-0.4, -0.2) is 42.1 Å². The van der Waals surface area contributed by atoms with Crippen LogP contribution in [0.25, 0.3) is 0 Å². The summed E-state index contributed by atoms with van der Waals surface area (Å²) >= 11 is 0. The van der Waals surface area contributed by atoms with Gasteiger partial charge in [-0.3, -0.25) is 19.7 Å². The molecule has 2 amide bonds. The molecular formula is C33H30N4O8. The van der Waals surface area contributed by atoms with Crippen molar-refractivity contribution in [3.05, 3.63) is 123 Å². The molecule has 230 valence electrons. The molecule has 0 saturated heterocycles. The third-order valence-corrected chi connectivity index (χ3v) is 6.25. The maximum Gasteiger partial charge on any atom is 0.343 e. The zero-order valence-corrected chi connectivity index (χ0v) is 24.7. The van der Waals surface area contributed by atoms with Crippen LogP contribution in [0, 0.1) is 17.0 Å². The number of nitrogens with zero attached hydrogens (tertiary/aromatic N) is 2. The number of anilines is 1. The van der Waals surface area contributed by atoms with E-state index in [0.717, 1.165) is 11.8 Å². The average molecular weight is 611 g/mol. The minimum Gasteiger partial charge on any atom is -0.490 e. The van der Waals surface area contributed by atoms with E-state index in [2.05, 4.69) is 15.8 Å². The molecule has 0 aliphatic carbocycles. The molecule has 0 radical (unpaired) electrons. The standard InChI is InChI=1S/C33H30N4O8/c1-4-43-28-17-14-24(19-29(28)44-5-2)33(40)45-30-25(10-7-11-27(30)37(41)42)20-34-36-32(39)22-12-15-26(16-13-22)35-31(38)23-9-6-8-21(3)18-23/h6-20H,4-5H2,1-3H3,(H,35,38)(H,36,39)/b34-20+. The molecule has 0 atom stereocenters. The lowest BCUT2D eigenvalue weighted by atomic mass is 10.1. The van der Waals surface area contributed by atoms with Gasteiger partial charge in [0.25, 0.3) is 11.8 Å².